The molecule has 0 bridgehead atoms. The summed E-state index contributed by atoms with van der Waals surface area (Å²) >= 11 is 0. The molecule has 3 rings (SSSR count). The molecule has 1 nitrogen and oxygen atoms in total. The maximum Gasteiger partial charge on any atom is 0.0205 e. The average Bonchev–Trinajstić information content (AvgIpc) is 2.80. The third kappa shape index (κ3) is 6.42. The summed E-state index contributed by atoms with van der Waals surface area (Å²) in [6.45, 7) is 12.5. The highest BCUT2D eigenvalue weighted by atomic mass is 14.8. The van der Waals surface area contributed by atoms with Gasteiger partial charge < -0.3 is 5.32 Å². The first-order valence-electron chi connectivity index (χ1n) is 11.7. The van der Waals surface area contributed by atoms with Crippen LogP contribution in [0.15, 0.2) is 73.3 Å². The second-order valence-corrected chi connectivity index (χ2v) is 8.51. The van der Waals surface area contributed by atoms with Gasteiger partial charge in [0, 0.05) is 12.5 Å². The van der Waals surface area contributed by atoms with Gasteiger partial charge in [0.1, 0.15) is 0 Å². The highest BCUT2D eigenvalue weighted by molar-refractivity contribution is 5.48. The first-order chi connectivity index (χ1) is 15.1. The summed E-state index contributed by atoms with van der Waals surface area (Å²) in [5.74, 6) is 0.394. The minimum absolute atomic E-state index is 0.394. The molecule has 1 atom stereocenters. The fourth-order valence-electron chi connectivity index (χ4n) is 4.30. The Bertz CT molecular complexity index is 951. The molecule has 0 amide bonds. The number of hydrogen-bond donors (Lipinski definition) is 1. The van der Waals surface area contributed by atoms with Crippen LogP contribution >= 0.6 is 0 Å². The fraction of sp³-hybridized carbons (Fsp3) is 0.333. The summed E-state index contributed by atoms with van der Waals surface area (Å²) in [4.78, 5) is 0. The van der Waals surface area contributed by atoms with E-state index < -0.39 is 0 Å². The van der Waals surface area contributed by atoms with E-state index in [9.17, 15) is 0 Å². The molecule has 0 spiro atoms. The van der Waals surface area contributed by atoms with Gasteiger partial charge in [0.25, 0.3) is 0 Å². The summed E-state index contributed by atoms with van der Waals surface area (Å²) < 4.78 is 0. The Morgan fingerprint density at radius 3 is 2.16 bits per heavy atom. The van der Waals surface area contributed by atoms with Crippen molar-refractivity contribution in [2.75, 3.05) is 6.54 Å². The van der Waals surface area contributed by atoms with Gasteiger partial charge >= 0.3 is 0 Å². The van der Waals surface area contributed by atoms with E-state index in [1.807, 2.05) is 6.08 Å². The molecule has 0 aliphatic rings. The first kappa shape index (κ1) is 23.0. The van der Waals surface area contributed by atoms with Crippen LogP contribution in [-0.2, 0) is 19.4 Å². The van der Waals surface area contributed by atoms with Crippen molar-refractivity contribution < 1.29 is 0 Å². The van der Waals surface area contributed by atoms with E-state index in [0.717, 1.165) is 25.9 Å². The number of nitrogens with one attached hydrogen (secondary N) is 1. The third-order valence-electron chi connectivity index (χ3n) is 6.16. The maximum absolute atomic E-state index is 3.88. The van der Waals surface area contributed by atoms with E-state index in [0.29, 0.717) is 5.92 Å². The second-order valence-electron chi connectivity index (χ2n) is 8.51. The largest absolute Gasteiger partial charge is 0.313 e. The Labute approximate surface area is 189 Å². The summed E-state index contributed by atoms with van der Waals surface area (Å²) in [5, 5.41) is 3.70. The van der Waals surface area contributed by atoms with Gasteiger partial charge in [-0.1, -0.05) is 105 Å². The van der Waals surface area contributed by atoms with Gasteiger partial charge in [-0.2, -0.15) is 0 Å². The summed E-state index contributed by atoms with van der Waals surface area (Å²) in [7, 11) is 0. The zero-order valence-corrected chi connectivity index (χ0v) is 19.5. The molecule has 0 radical (unpaired) electrons. The Kier molecular flexibility index (Phi) is 8.67. The van der Waals surface area contributed by atoms with E-state index in [4.69, 9.17) is 0 Å². The Morgan fingerprint density at radius 1 is 0.871 bits per heavy atom. The molecule has 0 aliphatic carbocycles. The number of hydrogen-bond acceptors (Lipinski definition) is 1. The summed E-state index contributed by atoms with van der Waals surface area (Å²) in [6, 6.07) is 24.9. The van der Waals surface area contributed by atoms with Gasteiger partial charge in [0.05, 0.1) is 0 Å². The van der Waals surface area contributed by atoms with Gasteiger partial charge in [-0.15, -0.1) is 0 Å². The Hall–Kier alpha value is -2.64. The molecule has 0 heterocycles. The highest BCUT2D eigenvalue weighted by Crippen LogP contribution is 2.28. The molecule has 0 saturated heterocycles. The Balaban J connectivity index is 1.67. The third-order valence-corrected chi connectivity index (χ3v) is 6.16. The van der Waals surface area contributed by atoms with Crippen molar-refractivity contribution in [3.05, 3.63) is 112 Å². The zero-order valence-electron chi connectivity index (χ0n) is 19.5. The van der Waals surface area contributed by atoms with Crippen LogP contribution in [0.1, 0.15) is 71.6 Å². The monoisotopic (exact) mass is 411 g/mol. The van der Waals surface area contributed by atoms with Crippen LogP contribution in [-0.4, -0.2) is 6.54 Å². The van der Waals surface area contributed by atoms with Crippen molar-refractivity contribution in [2.45, 2.75) is 58.9 Å². The minimum Gasteiger partial charge on any atom is -0.313 e. The smallest absolute Gasteiger partial charge is 0.0205 e. The van der Waals surface area contributed by atoms with E-state index in [1.54, 1.807) is 0 Å². The van der Waals surface area contributed by atoms with Gasteiger partial charge in [-0.3, -0.25) is 0 Å². The van der Waals surface area contributed by atoms with Gasteiger partial charge in [0.15, 0.2) is 0 Å². The van der Waals surface area contributed by atoms with Crippen LogP contribution in [0.3, 0.4) is 0 Å². The normalized spacial score (nSPS) is 12.0. The lowest BCUT2D eigenvalue weighted by Gasteiger charge is -2.19. The van der Waals surface area contributed by atoms with Crippen LogP contribution in [0.25, 0.3) is 6.08 Å². The lowest BCUT2D eigenvalue weighted by Crippen LogP contribution is -2.18. The van der Waals surface area contributed by atoms with Crippen molar-refractivity contribution in [3.8, 4) is 0 Å². The lowest BCUT2D eigenvalue weighted by molar-refractivity contribution is 0.611. The molecule has 0 fully saturated rings. The molecule has 3 aromatic carbocycles. The zero-order chi connectivity index (χ0) is 22.1. The number of benzene rings is 3. The van der Waals surface area contributed by atoms with E-state index in [2.05, 4.69) is 99.4 Å². The van der Waals surface area contributed by atoms with E-state index in [1.165, 1.54) is 51.8 Å². The Morgan fingerprint density at radius 2 is 1.55 bits per heavy atom. The average molecular weight is 412 g/mol. The van der Waals surface area contributed by atoms with Crippen LogP contribution in [0.5, 0.6) is 0 Å². The van der Waals surface area contributed by atoms with E-state index in [-0.39, 0.29) is 0 Å². The van der Waals surface area contributed by atoms with Gasteiger partial charge in [-0.25, -0.2) is 0 Å². The second kappa shape index (κ2) is 11.7. The topological polar surface area (TPSA) is 12.0 Å². The van der Waals surface area contributed by atoms with Gasteiger partial charge in [0.2, 0.25) is 0 Å². The van der Waals surface area contributed by atoms with E-state index >= 15 is 0 Å². The first-order valence-corrected chi connectivity index (χ1v) is 11.7. The molecule has 31 heavy (non-hydrogen) atoms. The minimum atomic E-state index is 0.394. The quantitative estimate of drug-likeness (QED) is 0.323. The molecule has 162 valence electrons. The van der Waals surface area contributed by atoms with Crippen molar-refractivity contribution in [2.24, 2.45) is 0 Å². The van der Waals surface area contributed by atoms with Crippen molar-refractivity contribution >= 4 is 6.08 Å². The predicted molar refractivity (Wildman–Crippen MR) is 136 cm³/mol. The van der Waals surface area contributed by atoms with Crippen molar-refractivity contribution in [1.82, 2.24) is 5.32 Å². The molecule has 1 unspecified atom stereocenters. The fourth-order valence-corrected chi connectivity index (χ4v) is 4.30. The standard InChI is InChI=1S/C30H37N/c1-5-8-29-21-25(13-16-26(29)7-3)22-31-20-19-30(27-14-9-23(4)10-15-27)28-17-11-24(6-2)12-18-28/h6,9-18,21,30-31H,2,5,7-8,19-20,22H2,1,3-4H3. The van der Waals surface area contributed by atoms with Crippen LogP contribution in [0.4, 0.5) is 0 Å². The molecular formula is C30H37N. The molecule has 1 N–H and O–H groups in total. The van der Waals surface area contributed by atoms with Gasteiger partial charge in [-0.05, 0) is 66.1 Å². The number of aryl methyl sites for hydroxylation is 3. The SMILES string of the molecule is C=Cc1ccc(C(CCNCc2ccc(CC)c(CCC)c2)c2ccc(C)cc2)cc1. The lowest BCUT2D eigenvalue weighted by atomic mass is 9.87. The molecule has 3 aromatic rings. The summed E-state index contributed by atoms with van der Waals surface area (Å²) in [5.41, 5.74) is 9.63. The van der Waals surface area contributed by atoms with Crippen LogP contribution in [0.2, 0.25) is 0 Å². The molecule has 0 aromatic heterocycles. The molecule has 0 aliphatic heterocycles. The van der Waals surface area contributed by atoms with Crippen molar-refractivity contribution in [3.63, 3.8) is 0 Å². The van der Waals surface area contributed by atoms with Crippen LogP contribution in [0, 0.1) is 6.92 Å². The molecule has 1 heteroatoms. The number of rotatable bonds is 11. The summed E-state index contributed by atoms with van der Waals surface area (Å²) in [6.07, 6.45) is 6.47. The highest BCUT2D eigenvalue weighted by Gasteiger charge is 2.14. The van der Waals surface area contributed by atoms with Crippen molar-refractivity contribution in [1.29, 1.82) is 0 Å². The van der Waals surface area contributed by atoms with Crippen LogP contribution < -0.4 is 5.32 Å². The maximum atomic E-state index is 3.88. The molecular weight excluding hydrogens is 374 g/mol. The molecule has 0 saturated carbocycles. The predicted octanol–water partition coefficient (Wildman–Crippen LogP) is 7.46.